The van der Waals surface area contributed by atoms with E-state index in [0.717, 1.165) is 25.7 Å². The maximum absolute atomic E-state index is 11.1. The molecule has 2 fully saturated rings. The third kappa shape index (κ3) is 2.38. The molecule has 0 unspecified atom stereocenters. The van der Waals surface area contributed by atoms with Gasteiger partial charge in [-0.15, -0.1) is 0 Å². The standard InChI is InChI=1S/C11H17NO3/c1-2-10(13)12-9-3-5-11(6-4-9)14-7-8-15-11/h2,9H,1,3-8H2,(H,12,13). The molecule has 1 aliphatic carbocycles. The van der Waals surface area contributed by atoms with Crippen molar-refractivity contribution in [3.8, 4) is 0 Å². The highest BCUT2D eigenvalue weighted by Crippen LogP contribution is 2.35. The van der Waals surface area contributed by atoms with E-state index >= 15 is 0 Å². The molecule has 0 atom stereocenters. The van der Waals surface area contributed by atoms with E-state index in [-0.39, 0.29) is 17.7 Å². The number of carbonyl (C=O) groups is 1. The van der Waals surface area contributed by atoms with Gasteiger partial charge in [0.25, 0.3) is 0 Å². The second-order valence-corrected chi connectivity index (χ2v) is 4.09. The van der Waals surface area contributed by atoms with Crippen molar-refractivity contribution in [1.29, 1.82) is 0 Å². The fourth-order valence-electron chi connectivity index (χ4n) is 2.25. The fraction of sp³-hybridized carbons (Fsp3) is 0.727. The first-order valence-electron chi connectivity index (χ1n) is 5.45. The zero-order chi connectivity index (χ0) is 10.7. The van der Waals surface area contributed by atoms with Gasteiger partial charge >= 0.3 is 0 Å². The van der Waals surface area contributed by atoms with Crippen LogP contribution in [0.5, 0.6) is 0 Å². The van der Waals surface area contributed by atoms with Crippen LogP contribution >= 0.6 is 0 Å². The van der Waals surface area contributed by atoms with Crippen molar-refractivity contribution in [1.82, 2.24) is 5.32 Å². The van der Waals surface area contributed by atoms with Gasteiger partial charge in [0.05, 0.1) is 13.2 Å². The Morgan fingerprint density at radius 1 is 1.33 bits per heavy atom. The van der Waals surface area contributed by atoms with Gasteiger partial charge in [0.15, 0.2) is 5.79 Å². The molecule has 1 spiro atoms. The molecule has 0 aromatic rings. The lowest BCUT2D eigenvalue weighted by molar-refractivity contribution is -0.179. The summed E-state index contributed by atoms with van der Waals surface area (Å²) in [5, 5.41) is 2.91. The van der Waals surface area contributed by atoms with Crippen LogP contribution in [0.15, 0.2) is 12.7 Å². The summed E-state index contributed by atoms with van der Waals surface area (Å²) in [4.78, 5) is 11.1. The average molecular weight is 211 g/mol. The van der Waals surface area contributed by atoms with Crippen LogP contribution in [-0.2, 0) is 14.3 Å². The lowest BCUT2D eigenvalue weighted by atomic mass is 9.90. The molecule has 4 nitrogen and oxygen atoms in total. The Kier molecular flexibility index (Phi) is 3.07. The van der Waals surface area contributed by atoms with E-state index in [1.165, 1.54) is 6.08 Å². The predicted octanol–water partition coefficient (Wildman–Crippen LogP) is 0.974. The molecule has 2 aliphatic rings. The fourth-order valence-corrected chi connectivity index (χ4v) is 2.25. The molecule has 1 amide bonds. The van der Waals surface area contributed by atoms with Crippen molar-refractivity contribution < 1.29 is 14.3 Å². The molecule has 0 aromatic heterocycles. The minimum atomic E-state index is -0.338. The van der Waals surface area contributed by atoms with Crippen LogP contribution in [0.3, 0.4) is 0 Å². The van der Waals surface area contributed by atoms with Crippen LogP contribution in [0, 0.1) is 0 Å². The van der Waals surface area contributed by atoms with Crippen molar-refractivity contribution >= 4 is 5.91 Å². The first kappa shape index (κ1) is 10.6. The largest absolute Gasteiger partial charge is 0.350 e. The summed E-state index contributed by atoms with van der Waals surface area (Å²) in [7, 11) is 0. The van der Waals surface area contributed by atoms with E-state index in [4.69, 9.17) is 9.47 Å². The highest BCUT2D eigenvalue weighted by Gasteiger charge is 2.40. The highest BCUT2D eigenvalue weighted by molar-refractivity contribution is 5.87. The molecule has 1 aliphatic heterocycles. The highest BCUT2D eigenvalue weighted by atomic mass is 16.7. The zero-order valence-electron chi connectivity index (χ0n) is 8.83. The smallest absolute Gasteiger partial charge is 0.243 e. The summed E-state index contributed by atoms with van der Waals surface area (Å²) < 4.78 is 11.2. The van der Waals surface area contributed by atoms with Gasteiger partial charge < -0.3 is 14.8 Å². The second kappa shape index (κ2) is 4.33. The number of carbonyl (C=O) groups excluding carboxylic acids is 1. The molecule has 1 saturated heterocycles. The Bertz CT molecular complexity index is 249. The SMILES string of the molecule is C=CC(=O)NC1CCC2(CC1)OCCO2. The molecule has 1 heterocycles. The Morgan fingerprint density at radius 3 is 2.47 bits per heavy atom. The van der Waals surface area contributed by atoms with Crippen LogP contribution in [0.25, 0.3) is 0 Å². The average Bonchev–Trinajstić information content (AvgIpc) is 2.70. The Morgan fingerprint density at radius 2 is 1.93 bits per heavy atom. The normalized spacial score (nSPS) is 25.3. The van der Waals surface area contributed by atoms with Crippen LogP contribution < -0.4 is 5.32 Å². The van der Waals surface area contributed by atoms with E-state index in [9.17, 15) is 4.79 Å². The summed E-state index contributed by atoms with van der Waals surface area (Å²) >= 11 is 0. The van der Waals surface area contributed by atoms with Gasteiger partial charge in [0, 0.05) is 18.9 Å². The van der Waals surface area contributed by atoms with E-state index in [1.807, 2.05) is 0 Å². The molecule has 0 bridgehead atoms. The lowest BCUT2D eigenvalue weighted by Crippen LogP contribution is -2.43. The zero-order valence-corrected chi connectivity index (χ0v) is 8.83. The van der Waals surface area contributed by atoms with E-state index in [1.54, 1.807) is 0 Å². The number of amides is 1. The molecular weight excluding hydrogens is 194 g/mol. The third-order valence-corrected chi connectivity index (χ3v) is 3.09. The first-order valence-corrected chi connectivity index (χ1v) is 5.45. The van der Waals surface area contributed by atoms with Gasteiger partial charge in [-0.05, 0) is 18.9 Å². The first-order chi connectivity index (χ1) is 7.24. The number of rotatable bonds is 2. The topological polar surface area (TPSA) is 47.6 Å². The van der Waals surface area contributed by atoms with E-state index in [2.05, 4.69) is 11.9 Å². The molecule has 1 N–H and O–H groups in total. The lowest BCUT2D eigenvalue weighted by Gasteiger charge is -2.35. The van der Waals surface area contributed by atoms with Gasteiger partial charge in [-0.1, -0.05) is 6.58 Å². The number of ether oxygens (including phenoxy) is 2. The summed E-state index contributed by atoms with van der Waals surface area (Å²) in [6.07, 6.45) is 4.89. The van der Waals surface area contributed by atoms with Gasteiger partial charge in [0.1, 0.15) is 0 Å². The van der Waals surface area contributed by atoms with Crippen molar-refractivity contribution in [2.24, 2.45) is 0 Å². The van der Waals surface area contributed by atoms with Crippen LogP contribution in [0.2, 0.25) is 0 Å². The summed E-state index contributed by atoms with van der Waals surface area (Å²) in [6, 6.07) is 0.244. The second-order valence-electron chi connectivity index (χ2n) is 4.09. The quantitative estimate of drug-likeness (QED) is 0.692. The molecule has 84 valence electrons. The minimum Gasteiger partial charge on any atom is -0.350 e. The molecule has 2 rings (SSSR count). The van der Waals surface area contributed by atoms with Gasteiger partial charge in [-0.25, -0.2) is 0 Å². The maximum atomic E-state index is 11.1. The van der Waals surface area contributed by atoms with Crippen molar-refractivity contribution in [3.05, 3.63) is 12.7 Å². The Hall–Kier alpha value is -0.870. The summed E-state index contributed by atoms with van der Waals surface area (Å²) in [5.74, 6) is -0.431. The van der Waals surface area contributed by atoms with Crippen molar-refractivity contribution in [2.45, 2.75) is 37.5 Å². The Labute approximate surface area is 89.6 Å². The van der Waals surface area contributed by atoms with Crippen LogP contribution in [-0.4, -0.2) is 30.9 Å². The van der Waals surface area contributed by atoms with E-state index < -0.39 is 0 Å². The number of hydrogen-bond acceptors (Lipinski definition) is 3. The van der Waals surface area contributed by atoms with Crippen molar-refractivity contribution in [3.63, 3.8) is 0 Å². The maximum Gasteiger partial charge on any atom is 0.243 e. The molecule has 0 aromatic carbocycles. The molecule has 0 radical (unpaired) electrons. The molecule has 1 saturated carbocycles. The predicted molar refractivity (Wildman–Crippen MR) is 55.2 cm³/mol. The van der Waals surface area contributed by atoms with E-state index in [0.29, 0.717) is 13.2 Å². The molecular formula is C11H17NO3. The van der Waals surface area contributed by atoms with Gasteiger partial charge in [0.2, 0.25) is 5.91 Å². The summed E-state index contributed by atoms with van der Waals surface area (Å²) in [5.41, 5.74) is 0. The van der Waals surface area contributed by atoms with Crippen molar-refractivity contribution in [2.75, 3.05) is 13.2 Å². The third-order valence-electron chi connectivity index (χ3n) is 3.09. The number of nitrogens with one attached hydrogen (secondary N) is 1. The van der Waals surface area contributed by atoms with Gasteiger partial charge in [-0.3, -0.25) is 4.79 Å². The van der Waals surface area contributed by atoms with Crippen LogP contribution in [0.1, 0.15) is 25.7 Å². The number of hydrogen-bond donors (Lipinski definition) is 1. The molecule has 4 heteroatoms. The van der Waals surface area contributed by atoms with Crippen LogP contribution in [0.4, 0.5) is 0 Å². The minimum absolute atomic E-state index is 0.0933. The monoisotopic (exact) mass is 211 g/mol. The Balaban J connectivity index is 1.81. The van der Waals surface area contributed by atoms with Gasteiger partial charge in [-0.2, -0.15) is 0 Å². The summed E-state index contributed by atoms with van der Waals surface area (Å²) in [6.45, 7) is 4.83. The molecule has 15 heavy (non-hydrogen) atoms.